The van der Waals surface area contributed by atoms with Crippen molar-refractivity contribution in [2.75, 3.05) is 13.2 Å². The van der Waals surface area contributed by atoms with Crippen LogP contribution in [-0.4, -0.2) is 38.5 Å². The van der Waals surface area contributed by atoms with Crippen LogP contribution in [0.15, 0.2) is 27.6 Å². The first-order valence-electron chi connectivity index (χ1n) is 7.80. The number of carbonyl (C=O) groups is 2. The van der Waals surface area contributed by atoms with Gasteiger partial charge in [0.1, 0.15) is 17.1 Å². The number of carbonyl (C=O) groups excluding carboxylic acids is 2. The third-order valence-corrected chi connectivity index (χ3v) is 5.35. The third kappa shape index (κ3) is 4.55. The molecule has 0 unspecified atom stereocenters. The largest absolute Gasteiger partial charge is 0.456 e. The van der Waals surface area contributed by atoms with Crippen LogP contribution in [-0.2, 0) is 19.6 Å². The van der Waals surface area contributed by atoms with E-state index in [2.05, 4.69) is 9.88 Å². The van der Waals surface area contributed by atoms with E-state index in [1.54, 1.807) is 13.0 Å². The molecule has 1 N–H and O–H groups in total. The molecule has 0 amide bonds. The fourth-order valence-corrected chi connectivity index (χ4v) is 3.69. The van der Waals surface area contributed by atoms with E-state index in [9.17, 15) is 18.0 Å². The predicted octanol–water partition coefficient (Wildman–Crippen LogP) is 1.61. The Morgan fingerprint density at radius 3 is 2.50 bits per heavy atom. The van der Waals surface area contributed by atoms with E-state index in [1.807, 2.05) is 19.1 Å². The van der Waals surface area contributed by atoms with Crippen molar-refractivity contribution in [2.24, 2.45) is 0 Å². The number of aryl methyl sites for hydroxylation is 4. The molecular weight excluding hydrogens is 360 g/mol. The zero-order valence-electron chi connectivity index (χ0n) is 15.0. The Bertz CT molecular complexity index is 927. The van der Waals surface area contributed by atoms with Gasteiger partial charge in [-0.05, 0) is 39.3 Å². The van der Waals surface area contributed by atoms with E-state index in [-0.39, 0.29) is 22.1 Å². The van der Waals surface area contributed by atoms with Gasteiger partial charge in [0, 0.05) is 5.56 Å². The summed E-state index contributed by atoms with van der Waals surface area (Å²) in [4.78, 5) is 23.8. The lowest BCUT2D eigenvalue weighted by atomic mass is 10.0. The van der Waals surface area contributed by atoms with Crippen LogP contribution in [0.1, 0.15) is 32.9 Å². The van der Waals surface area contributed by atoms with Gasteiger partial charge >= 0.3 is 5.97 Å². The molecule has 0 spiro atoms. The highest BCUT2D eigenvalue weighted by Crippen LogP contribution is 2.18. The first-order valence-corrected chi connectivity index (χ1v) is 9.28. The number of nitrogens with zero attached hydrogens (tertiary/aromatic N) is 1. The minimum absolute atomic E-state index is 0.114. The number of aromatic nitrogens is 1. The molecule has 2 aromatic rings. The van der Waals surface area contributed by atoms with E-state index < -0.39 is 29.1 Å². The summed E-state index contributed by atoms with van der Waals surface area (Å²) in [6.45, 7) is 5.50. The molecule has 0 aliphatic carbocycles. The molecule has 0 bridgehead atoms. The van der Waals surface area contributed by atoms with Crippen LogP contribution in [0.25, 0.3) is 0 Å². The van der Waals surface area contributed by atoms with Crippen LogP contribution in [0.4, 0.5) is 0 Å². The van der Waals surface area contributed by atoms with Gasteiger partial charge in [0.25, 0.3) is 0 Å². The highest BCUT2D eigenvalue weighted by molar-refractivity contribution is 7.89. The maximum absolute atomic E-state index is 12.2. The Balaban J connectivity index is 1.93. The van der Waals surface area contributed by atoms with Crippen molar-refractivity contribution in [3.05, 3.63) is 46.3 Å². The minimum Gasteiger partial charge on any atom is -0.456 e. The number of Topliss-reactive ketones (excluding diaryl/α,β-unsaturated/α-hetero) is 1. The molecule has 0 atom stereocenters. The average Bonchev–Trinajstić information content (AvgIpc) is 2.92. The Kier molecular flexibility index (Phi) is 5.94. The maximum atomic E-state index is 12.2. The molecule has 140 valence electrons. The van der Waals surface area contributed by atoms with E-state index >= 15 is 0 Å². The fourth-order valence-electron chi connectivity index (χ4n) is 2.40. The van der Waals surface area contributed by atoms with Crippen LogP contribution >= 0.6 is 0 Å². The molecule has 9 heteroatoms. The molecule has 26 heavy (non-hydrogen) atoms. The normalized spacial score (nSPS) is 11.4. The van der Waals surface area contributed by atoms with Gasteiger partial charge in [0.15, 0.2) is 12.4 Å². The van der Waals surface area contributed by atoms with E-state index in [4.69, 9.17) is 9.26 Å². The standard InChI is InChI=1S/C17H20N2O6S/c1-10-5-6-11(2)14(7-10)15(20)9-24-16(21)8-18-26(22,23)17-12(3)19-25-13(17)4/h5-7,18H,8-9H2,1-4H3. The zero-order valence-corrected chi connectivity index (χ0v) is 15.8. The predicted molar refractivity (Wildman–Crippen MR) is 92.4 cm³/mol. The maximum Gasteiger partial charge on any atom is 0.321 e. The number of benzene rings is 1. The van der Waals surface area contributed by atoms with Gasteiger partial charge in [-0.3, -0.25) is 9.59 Å². The first-order chi connectivity index (χ1) is 12.1. The van der Waals surface area contributed by atoms with Gasteiger partial charge < -0.3 is 9.26 Å². The summed E-state index contributed by atoms with van der Waals surface area (Å²) in [5.74, 6) is -1.10. The van der Waals surface area contributed by atoms with Crippen LogP contribution in [0.2, 0.25) is 0 Å². The number of sulfonamides is 1. The molecule has 0 fully saturated rings. The monoisotopic (exact) mass is 380 g/mol. The number of hydrogen-bond donors (Lipinski definition) is 1. The van der Waals surface area contributed by atoms with Gasteiger partial charge in [0.2, 0.25) is 15.8 Å². The molecule has 1 heterocycles. The summed E-state index contributed by atoms with van der Waals surface area (Å²) in [5, 5.41) is 3.56. The number of ketones is 1. The van der Waals surface area contributed by atoms with Crippen LogP contribution in [0, 0.1) is 27.7 Å². The Labute approximate surface area is 151 Å². The Morgan fingerprint density at radius 1 is 1.19 bits per heavy atom. The molecule has 0 aliphatic rings. The topological polar surface area (TPSA) is 116 Å². The SMILES string of the molecule is Cc1ccc(C)c(C(=O)COC(=O)CNS(=O)(=O)c2c(C)noc2C)c1. The van der Waals surface area contributed by atoms with E-state index in [1.165, 1.54) is 13.8 Å². The fraction of sp³-hybridized carbons (Fsp3) is 0.353. The molecule has 0 saturated heterocycles. The van der Waals surface area contributed by atoms with Gasteiger partial charge in [-0.2, -0.15) is 4.72 Å². The average molecular weight is 380 g/mol. The summed E-state index contributed by atoms with van der Waals surface area (Å²) < 4.78 is 36.2. The van der Waals surface area contributed by atoms with Crippen molar-refractivity contribution in [3.63, 3.8) is 0 Å². The smallest absolute Gasteiger partial charge is 0.321 e. The lowest BCUT2D eigenvalue weighted by molar-refractivity contribution is -0.141. The summed E-state index contributed by atoms with van der Waals surface area (Å²) in [5.41, 5.74) is 2.34. The molecule has 2 rings (SSSR count). The lowest BCUT2D eigenvalue weighted by Gasteiger charge is -2.08. The zero-order chi connectivity index (χ0) is 19.5. The van der Waals surface area contributed by atoms with Crippen molar-refractivity contribution >= 4 is 21.8 Å². The molecule has 0 radical (unpaired) electrons. The molecule has 0 saturated carbocycles. The van der Waals surface area contributed by atoms with Crippen molar-refractivity contribution in [2.45, 2.75) is 32.6 Å². The number of rotatable bonds is 7. The van der Waals surface area contributed by atoms with Gasteiger partial charge in [0.05, 0.1) is 0 Å². The summed E-state index contributed by atoms with van der Waals surface area (Å²) in [7, 11) is -3.97. The first kappa shape index (κ1) is 19.8. The highest BCUT2D eigenvalue weighted by atomic mass is 32.2. The third-order valence-electron chi connectivity index (χ3n) is 3.70. The van der Waals surface area contributed by atoms with Crippen LogP contribution in [0.3, 0.4) is 0 Å². The molecule has 8 nitrogen and oxygen atoms in total. The molecule has 1 aromatic carbocycles. The van der Waals surface area contributed by atoms with Crippen molar-refractivity contribution in [1.82, 2.24) is 9.88 Å². The van der Waals surface area contributed by atoms with Gasteiger partial charge in [-0.15, -0.1) is 0 Å². The number of hydrogen-bond acceptors (Lipinski definition) is 7. The summed E-state index contributed by atoms with van der Waals surface area (Å²) in [6, 6.07) is 5.40. The molecule has 1 aromatic heterocycles. The summed E-state index contributed by atoms with van der Waals surface area (Å²) in [6.07, 6.45) is 0. The molecular formula is C17H20N2O6S. The number of nitrogens with one attached hydrogen (secondary N) is 1. The van der Waals surface area contributed by atoms with Crippen molar-refractivity contribution in [1.29, 1.82) is 0 Å². The molecule has 0 aliphatic heterocycles. The van der Waals surface area contributed by atoms with Crippen molar-refractivity contribution < 1.29 is 27.3 Å². The van der Waals surface area contributed by atoms with E-state index in [0.717, 1.165) is 11.1 Å². The van der Waals surface area contributed by atoms with Crippen molar-refractivity contribution in [3.8, 4) is 0 Å². The minimum atomic E-state index is -3.97. The second-order valence-corrected chi connectivity index (χ2v) is 7.58. The van der Waals surface area contributed by atoms with Gasteiger partial charge in [-0.25, -0.2) is 8.42 Å². The second kappa shape index (κ2) is 7.79. The highest BCUT2D eigenvalue weighted by Gasteiger charge is 2.25. The lowest BCUT2D eigenvalue weighted by Crippen LogP contribution is -2.32. The quantitative estimate of drug-likeness (QED) is 0.573. The summed E-state index contributed by atoms with van der Waals surface area (Å²) >= 11 is 0. The van der Waals surface area contributed by atoms with E-state index in [0.29, 0.717) is 5.56 Å². The Morgan fingerprint density at radius 2 is 1.88 bits per heavy atom. The van der Waals surface area contributed by atoms with Crippen LogP contribution in [0.5, 0.6) is 0 Å². The number of esters is 1. The van der Waals surface area contributed by atoms with Gasteiger partial charge in [-0.1, -0.05) is 22.9 Å². The van der Waals surface area contributed by atoms with Crippen LogP contribution < -0.4 is 4.72 Å². The number of ether oxygens (including phenoxy) is 1. The Hall–Kier alpha value is -2.52. The second-order valence-electron chi connectivity index (χ2n) is 5.88.